The van der Waals surface area contributed by atoms with Crippen LogP contribution in [0.4, 0.5) is 0 Å². The van der Waals surface area contributed by atoms with Crippen molar-refractivity contribution in [3.05, 3.63) is 36.6 Å². The summed E-state index contributed by atoms with van der Waals surface area (Å²) in [7, 11) is 0. The van der Waals surface area contributed by atoms with Crippen molar-refractivity contribution in [1.29, 1.82) is 0 Å². The number of aliphatic carboxylic acids is 2. The summed E-state index contributed by atoms with van der Waals surface area (Å²) in [5.41, 5.74) is 11.0. The fourth-order valence-corrected chi connectivity index (χ4v) is 0.985. The Balaban J connectivity index is 0. The molecule has 0 amide bonds. The van der Waals surface area contributed by atoms with E-state index in [1.54, 1.807) is 0 Å². The van der Waals surface area contributed by atoms with Gasteiger partial charge in [-0.2, -0.15) is 0 Å². The van der Waals surface area contributed by atoms with Crippen LogP contribution in [0.2, 0.25) is 0 Å². The molecule has 0 radical (unpaired) electrons. The van der Waals surface area contributed by atoms with Gasteiger partial charge in [0.15, 0.2) is 0 Å². The summed E-state index contributed by atoms with van der Waals surface area (Å²) in [5.74, 6) is -2.11. The van der Waals surface area contributed by atoms with Crippen molar-refractivity contribution in [3.63, 3.8) is 0 Å². The van der Waals surface area contributed by atoms with Gasteiger partial charge in [0, 0.05) is 11.8 Å². The van der Waals surface area contributed by atoms with Crippen LogP contribution in [0.15, 0.2) is 36.6 Å². The van der Waals surface area contributed by atoms with E-state index in [9.17, 15) is 9.59 Å². The summed E-state index contributed by atoms with van der Waals surface area (Å²) in [5, 5.41) is 16.5. The number of carboxylic acids is 2. The Morgan fingerprint density at radius 1 is 1.20 bits per heavy atom. The second-order valence-electron chi connectivity index (χ2n) is 4.03. The van der Waals surface area contributed by atoms with Gasteiger partial charge in [-0.05, 0) is 25.3 Å². The number of rotatable bonds is 8. The minimum Gasteiger partial charge on any atom is -0.480 e. The number of allylic oxidation sites excluding steroid dienone is 3. The van der Waals surface area contributed by atoms with Crippen LogP contribution in [0.25, 0.3) is 0 Å². The van der Waals surface area contributed by atoms with E-state index in [0.717, 1.165) is 12.5 Å². The average Bonchev–Trinajstić information content (AvgIpc) is 2.34. The Morgan fingerprint density at radius 2 is 1.75 bits per heavy atom. The Kier molecular flexibility index (Phi) is 13.5. The van der Waals surface area contributed by atoms with E-state index < -0.39 is 18.0 Å². The molecule has 0 saturated carbocycles. The zero-order chi connectivity index (χ0) is 16.0. The summed E-state index contributed by atoms with van der Waals surface area (Å²) >= 11 is 0. The molecule has 0 fully saturated rings. The first-order valence-electron chi connectivity index (χ1n) is 6.30. The normalized spacial score (nSPS) is 11.9. The van der Waals surface area contributed by atoms with Crippen molar-refractivity contribution in [2.45, 2.75) is 38.6 Å². The van der Waals surface area contributed by atoms with E-state index in [1.807, 2.05) is 12.2 Å². The predicted octanol–water partition coefficient (Wildman–Crippen LogP) is 1.63. The maximum absolute atomic E-state index is 10.2. The number of carboxylic acid groups (broad SMARTS) is 2. The number of hydrogen-bond donors (Lipinski definition) is 4. The van der Waals surface area contributed by atoms with Crippen LogP contribution in [0, 0.1) is 0 Å². The SMILES string of the molecule is C=C(N)C=CCCC.NC(CCC=CC(=O)O)C(=O)O. The average molecular weight is 284 g/mol. The highest BCUT2D eigenvalue weighted by molar-refractivity contribution is 5.79. The van der Waals surface area contributed by atoms with E-state index in [1.165, 1.54) is 12.5 Å². The van der Waals surface area contributed by atoms with Crippen LogP contribution in [0.3, 0.4) is 0 Å². The highest BCUT2D eigenvalue weighted by Crippen LogP contribution is 1.95. The summed E-state index contributed by atoms with van der Waals surface area (Å²) in [6, 6.07) is -0.913. The number of unbranched alkanes of at least 4 members (excludes halogenated alkanes) is 1. The van der Waals surface area contributed by atoms with Gasteiger partial charge in [-0.3, -0.25) is 4.79 Å². The van der Waals surface area contributed by atoms with E-state index in [2.05, 4.69) is 13.5 Å². The van der Waals surface area contributed by atoms with E-state index in [-0.39, 0.29) is 6.42 Å². The van der Waals surface area contributed by atoms with Crippen molar-refractivity contribution >= 4 is 11.9 Å². The first kappa shape index (κ1) is 20.2. The Labute approximate surface area is 119 Å². The van der Waals surface area contributed by atoms with Gasteiger partial charge < -0.3 is 21.7 Å². The van der Waals surface area contributed by atoms with Gasteiger partial charge in [-0.15, -0.1) is 0 Å². The molecule has 0 aliphatic heterocycles. The standard InChI is InChI=1S/C7H11NO4.C7H13N/c8-5(7(11)12)3-1-2-4-6(9)10;1-3-4-5-6-7(2)8/h2,4-5H,1,3,8H2,(H,9,10)(H,11,12);5-6H,2-4,8H2,1H3. The molecule has 114 valence electrons. The summed E-state index contributed by atoms with van der Waals surface area (Å²) < 4.78 is 0. The monoisotopic (exact) mass is 284 g/mol. The molecular weight excluding hydrogens is 260 g/mol. The van der Waals surface area contributed by atoms with Crippen LogP contribution < -0.4 is 11.5 Å². The Bertz CT molecular complexity index is 362. The lowest BCUT2D eigenvalue weighted by molar-refractivity contribution is -0.138. The van der Waals surface area contributed by atoms with Gasteiger partial charge in [0.2, 0.25) is 0 Å². The molecule has 1 atom stereocenters. The van der Waals surface area contributed by atoms with Gasteiger partial charge in [0.1, 0.15) is 6.04 Å². The lowest BCUT2D eigenvalue weighted by Crippen LogP contribution is -2.29. The highest BCUT2D eigenvalue weighted by Gasteiger charge is 2.08. The maximum atomic E-state index is 10.2. The second kappa shape index (κ2) is 13.4. The molecule has 0 rings (SSSR count). The molecule has 0 aliphatic rings. The smallest absolute Gasteiger partial charge is 0.327 e. The highest BCUT2D eigenvalue weighted by atomic mass is 16.4. The largest absolute Gasteiger partial charge is 0.480 e. The predicted molar refractivity (Wildman–Crippen MR) is 79.0 cm³/mol. The van der Waals surface area contributed by atoms with Crippen molar-refractivity contribution in [2.75, 3.05) is 0 Å². The van der Waals surface area contributed by atoms with Crippen molar-refractivity contribution in [2.24, 2.45) is 11.5 Å². The van der Waals surface area contributed by atoms with E-state index in [4.69, 9.17) is 21.7 Å². The molecule has 0 spiro atoms. The Hall–Kier alpha value is -2.08. The van der Waals surface area contributed by atoms with Crippen LogP contribution in [0.1, 0.15) is 32.6 Å². The molecule has 0 aromatic rings. The number of nitrogens with two attached hydrogens (primary N) is 2. The zero-order valence-electron chi connectivity index (χ0n) is 11.8. The number of carbonyl (C=O) groups is 2. The minimum atomic E-state index is -1.07. The van der Waals surface area contributed by atoms with Gasteiger partial charge in [0.05, 0.1) is 0 Å². The molecular formula is C14H24N2O4. The molecule has 0 aromatic carbocycles. The van der Waals surface area contributed by atoms with Crippen LogP contribution >= 0.6 is 0 Å². The number of hydrogen-bond acceptors (Lipinski definition) is 4. The van der Waals surface area contributed by atoms with Gasteiger partial charge in [-0.1, -0.05) is 32.1 Å². The third-order valence-corrected chi connectivity index (χ3v) is 2.01. The van der Waals surface area contributed by atoms with Gasteiger partial charge >= 0.3 is 11.9 Å². The molecule has 6 N–H and O–H groups in total. The molecule has 0 saturated heterocycles. The third kappa shape index (κ3) is 18.3. The molecule has 6 heteroatoms. The van der Waals surface area contributed by atoms with Gasteiger partial charge in [-0.25, -0.2) is 4.79 Å². The molecule has 1 unspecified atom stereocenters. The summed E-state index contributed by atoms with van der Waals surface area (Å²) in [6.07, 6.45) is 9.09. The van der Waals surface area contributed by atoms with E-state index in [0.29, 0.717) is 12.1 Å². The summed E-state index contributed by atoms with van der Waals surface area (Å²) in [4.78, 5) is 20.1. The lowest BCUT2D eigenvalue weighted by Gasteiger charge is -2.01. The minimum absolute atomic E-state index is 0.249. The first-order valence-corrected chi connectivity index (χ1v) is 6.30. The zero-order valence-corrected chi connectivity index (χ0v) is 11.8. The van der Waals surface area contributed by atoms with Crippen molar-refractivity contribution < 1.29 is 19.8 Å². The van der Waals surface area contributed by atoms with Crippen LogP contribution in [-0.4, -0.2) is 28.2 Å². The molecule has 0 aliphatic carbocycles. The third-order valence-electron chi connectivity index (χ3n) is 2.01. The van der Waals surface area contributed by atoms with Crippen LogP contribution in [0.5, 0.6) is 0 Å². The molecule has 0 aromatic heterocycles. The second-order valence-corrected chi connectivity index (χ2v) is 4.03. The van der Waals surface area contributed by atoms with Crippen molar-refractivity contribution in [3.8, 4) is 0 Å². The van der Waals surface area contributed by atoms with Crippen molar-refractivity contribution in [1.82, 2.24) is 0 Å². The van der Waals surface area contributed by atoms with Crippen LogP contribution in [-0.2, 0) is 9.59 Å². The topological polar surface area (TPSA) is 127 Å². The molecule has 20 heavy (non-hydrogen) atoms. The lowest BCUT2D eigenvalue weighted by atomic mass is 10.1. The van der Waals surface area contributed by atoms with E-state index >= 15 is 0 Å². The molecule has 0 bridgehead atoms. The Morgan fingerprint density at radius 3 is 2.15 bits per heavy atom. The fraction of sp³-hybridized carbons (Fsp3) is 0.429. The molecule has 6 nitrogen and oxygen atoms in total. The van der Waals surface area contributed by atoms with Gasteiger partial charge in [0.25, 0.3) is 0 Å². The molecule has 0 heterocycles. The maximum Gasteiger partial charge on any atom is 0.327 e. The fourth-order valence-electron chi connectivity index (χ4n) is 0.985. The first-order chi connectivity index (χ1) is 9.31. The quantitative estimate of drug-likeness (QED) is 0.396. The summed E-state index contributed by atoms with van der Waals surface area (Å²) in [6.45, 7) is 5.65.